The van der Waals surface area contributed by atoms with Crippen LogP contribution in [-0.4, -0.2) is 0 Å². The molecular formula is C44H26O. The van der Waals surface area contributed by atoms with E-state index >= 15 is 0 Å². The second-order valence-electron chi connectivity index (χ2n) is 10.0. The van der Waals surface area contributed by atoms with Gasteiger partial charge in [0.2, 0.25) is 0 Å². The van der Waals surface area contributed by atoms with E-state index in [1.807, 2.05) is 0 Å². The van der Waals surface area contributed by atoms with Crippen molar-refractivity contribution in [2.24, 2.45) is 0 Å². The van der Waals surface area contributed by atoms with E-state index in [2.05, 4.69) is 0 Å². The van der Waals surface area contributed by atoms with Crippen molar-refractivity contribution in [2.75, 3.05) is 0 Å². The lowest BCUT2D eigenvalue weighted by Gasteiger charge is -2.20. The molecular weight excluding hydrogens is 544 g/mol. The summed E-state index contributed by atoms with van der Waals surface area (Å²) in [7, 11) is 0. The Bertz CT molecular complexity index is 4210. The smallest absolute Gasteiger partial charge is 0.136 e. The van der Waals surface area contributed by atoms with Crippen molar-refractivity contribution >= 4 is 75.8 Å². The molecule has 0 saturated carbocycles. The number of furan rings is 1. The number of hydrogen-bond donors (Lipinski definition) is 0. The van der Waals surface area contributed by atoms with Crippen LogP contribution in [0.15, 0.2) is 162 Å². The summed E-state index contributed by atoms with van der Waals surface area (Å²) in [6.45, 7) is 0. The lowest BCUT2D eigenvalue weighted by molar-refractivity contribution is 0.669. The Labute approximate surface area is 296 Å². The van der Waals surface area contributed by atoms with Gasteiger partial charge in [0.05, 0.1) is 35.6 Å². The zero-order valence-corrected chi connectivity index (χ0v) is 22.4. The maximum absolute atomic E-state index is 9.83. The molecule has 0 radical (unpaired) electrons. The summed E-state index contributed by atoms with van der Waals surface area (Å²) in [6.07, 6.45) is 0. The topological polar surface area (TPSA) is 13.1 Å². The Morgan fingerprint density at radius 2 is 0.844 bits per heavy atom. The first-order valence-corrected chi connectivity index (χ1v) is 13.4. The number of benzene rings is 9. The largest absolute Gasteiger partial charge is 0.456 e. The molecule has 1 nitrogen and oxygen atoms in total. The van der Waals surface area contributed by atoms with Gasteiger partial charge < -0.3 is 4.42 Å². The molecule has 0 unspecified atom stereocenters. The molecule has 0 N–H and O–H groups in total. The van der Waals surface area contributed by atoms with Gasteiger partial charge in [-0.3, -0.25) is 0 Å². The second-order valence-corrected chi connectivity index (χ2v) is 10.0. The number of rotatable bonds is 2. The molecule has 1 aromatic heterocycles. The van der Waals surface area contributed by atoms with Gasteiger partial charge in [-0.1, -0.05) is 133 Å². The van der Waals surface area contributed by atoms with Crippen molar-refractivity contribution in [1.82, 2.24) is 0 Å². The minimum atomic E-state index is -0.991. The molecule has 0 fully saturated rings. The Balaban J connectivity index is 1.62. The molecule has 0 aliphatic heterocycles. The molecule has 10 rings (SSSR count). The predicted octanol–water partition coefficient (Wildman–Crippen LogP) is 12.7. The zero-order chi connectivity index (χ0) is 52.1. The van der Waals surface area contributed by atoms with Crippen molar-refractivity contribution < 1.29 is 40.1 Å². The molecule has 0 saturated heterocycles. The van der Waals surface area contributed by atoms with Gasteiger partial charge in [0.1, 0.15) is 11.2 Å². The van der Waals surface area contributed by atoms with E-state index in [9.17, 15) is 12.3 Å². The van der Waals surface area contributed by atoms with Crippen molar-refractivity contribution in [3.63, 3.8) is 0 Å². The third-order valence-electron chi connectivity index (χ3n) is 7.70. The maximum Gasteiger partial charge on any atom is 0.136 e. The van der Waals surface area contributed by atoms with Crippen molar-refractivity contribution in [2.45, 2.75) is 0 Å². The van der Waals surface area contributed by atoms with Gasteiger partial charge in [0.25, 0.3) is 0 Å². The average Bonchev–Trinajstić information content (AvgIpc) is 3.75. The zero-order valence-electron chi connectivity index (χ0n) is 48.4. The molecule has 10 aromatic rings. The summed E-state index contributed by atoms with van der Waals surface area (Å²) >= 11 is 0. The number of hydrogen-bond acceptors (Lipinski definition) is 1. The van der Waals surface area contributed by atoms with E-state index in [1.165, 1.54) is 0 Å². The van der Waals surface area contributed by atoms with Crippen LogP contribution in [0.5, 0.6) is 0 Å². The van der Waals surface area contributed by atoms with Crippen LogP contribution < -0.4 is 0 Å². The van der Waals surface area contributed by atoms with E-state index in [1.54, 1.807) is 0 Å². The highest BCUT2D eigenvalue weighted by Gasteiger charge is 2.21. The molecule has 0 spiro atoms. The van der Waals surface area contributed by atoms with Gasteiger partial charge in [0, 0.05) is 10.8 Å². The van der Waals surface area contributed by atoms with Crippen molar-refractivity contribution in [1.29, 1.82) is 0 Å². The summed E-state index contributed by atoms with van der Waals surface area (Å²) in [5.41, 5.74) is -4.00. The predicted molar refractivity (Wildman–Crippen MR) is 192 cm³/mol. The Hall–Kier alpha value is -5.92. The summed E-state index contributed by atoms with van der Waals surface area (Å²) in [6, 6.07) is -23.1. The van der Waals surface area contributed by atoms with Gasteiger partial charge in [-0.25, -0.2) is 0 Å². The standard InChI is InChI=1S/C44H26O/c1-2-13-28-26-41-39(24-27(28)12-1)44-37(22-11-23-40(44)45-41)42-33-18-7-9-20-35(33)43(36-21-10-8-19-34(36)42)38-25-29-14-3-4-15-30(29)31-16-5-6-17-32(31)38/h1-26H/i1D,2D,3D,4D,5D,6D,7D,8D,9D,10D,11D,12D,13D,14D,15D,16D,17D,18D,19D,20D,21D,22D,23D,24D,25D,26D. The first kappa shape index (κ1) is 10.3. The summed E-state index contributed by atoms with van der Waals surface area (Å²) in [5, 5.41) is -7.28. The molecule has 0 bridgehead atoms. The molecule has 208 valence electrons. The lowest BCUT2D eigenvalue weighted by Crippen LogP contribution is -1.92. The second kappa shape index (κ2) is 9.29. The maximum atomic E-state index is 9.83. The van der Waals surface area contributed by atoms with Crippen LogP contribution in [0.4, 0.5) is 0 Å². The van der Waals surface area contributed by atoms with Gasteiger partial charge in [-0.2, -0.15) is 0 Å². The highest BCUT2D eigenvalue weighted by molar-refractivity contribution is 6.28. The van der Waals surface area contributed by atoms with Crippen LogP contribution in [-0.2, 0) is 0 Å². The molecule has 0 aliphatic carbocycles. The van der Waals surface area contributed by atoms with Crippen LogP contribution in [0.3, 0.4) is 0 Å². The van der Waals surface area contributed by atoms with Gasteiger partial charge >= 0.3 is 0 Å². The van der Waals surface area contributed by atoms with Crippen LogP contribution in [0.1, 0.15) is 35.6 Å². The highest BCUT2D eigenvalue weighted by Crippen LogP contribution is 2.48. The molecule has 9 aromatic carbocycles. The van der Waals surface area contributed by atoms with Crippen LogP contribution in [0.2, 0.25) is 0 Å². The van der Waals surface area contributed by atoms with E-state index in [-0.39, 0.29) is 0 Å². The van der Waals surface area contributed by atoms with E-state index < -0.39 is 255 Å². The summed E-state index contributed by atoms with van der Waals surface area (Å²) in [5.74, 6) is 0. The first-order chi connectivity index (χ1) is 33.2. The minimum absolute atomic E-state index is 0.474. The molecule has 0 aliphatic rings. The highest BCUT2D eigenvalue weighted by atomic mass is 16.3. The summed E-state index contributed by atoms with van der Waals surface area (Å²) < 4.78 is 241. The fourth-order valence-corrected chi connectivity index (χ4v) is 5.89. The van der Waals surface area contributed by atoms with Crippen molar-refractivity contribution in [3.05, 3.63) is 157 Å². The monoisotopic (exact) mass is 596 g/mol. The van der Waals surface area contributed by atoms with E-state index in [4.69, 9.17) is 27.7 Å². The Morgan fingerprint density at radius 1 is 0.333 bits per heavy atom. The fraction of sp³-hybridized carbons (Fsp3) is 0. The van der Waals surface area contributed by atoms with E-state index in [0.717, 1.165) is 0 Å². The number of fused-ring (bicyclic) bond motifs is 9. The minimum Gasteiger partial charge on any atom is -0.456 e. The van der Waals surface area contributed by atoms with Gasteiger partial charge in [-0.05, 0) is 100 Å². The third-order valence-corrected chi connectivity index (χ3v) is 7.70. The van der Waals surface area contributed by atoms with Gasteiger partial charge in [-0.15, -0.1) is 0 Å². The molecule has 1 heteroatoms. The third kappa shape index (κ3) is 3.50. The van der Waals surface area contributed by atoms with Crippen molar-refractivity contribution in [3.8, 4) is 22.3 Å². The lowest BCUT2D eigenvalue weighted by atomic mass is 9.83. The van der Waals surface area contributed by atoms with E-state index in [0.29, 0.717) is 0 Å². The molecule has 0 atom stereocenters. The normalized spacial score (nSPS) is 20.1. The van der Waals surface area contributed by atoms with Crippen LogP contribution in [0.25, 0.3) is 98.1 Å². The van der Waals surface area contributed by atoms with Crippen LogP contribution >= 0.6 is 0 Å². The molecule has 0 amide bonds. The molecule has 1 heterocycles. The SMILES string of the molecule is [2H]c1c([2H])c(-c2c3c([2H])c([2H])c([2H])c([2H])c3c(-c3c([2H])c4c([2H])c([2H])c([2H])c([2H])c4c4c([2H])c([2H])c([2H])c([2H])c34)c3c([2H])c([2H])c([2H])c([2H])c23)c2c(oc3c([2H])c4c([2H])c([2H])c([2H])c([2H])c4c([2H])c32)c1[2H]. The Kier molecular flexibility index (Phi) is 2.13. The Morgan fingerprint density at radius 3 is 1.51 bits per heavy atom. The quantitative estimate of drug-likeness (QED) is 0.143. The van der Waals surface area contributed by atoms with Crippen LogP contribution in [0, 0.1) is 0 Å². The summed E-state index contributed by atoms with van der Waals surface area (Å²) in [4.78, 5) is 0. The fourth-order valence-electron chi connectivity index (χ4n) is 5.89. The average molecular weight is 597 g/mol. The van der Waals surface area contributed by atoms with Gasteiger partial charge in [0.15, 0.2) is 0 Å². The first-order valence-electron chi connectivity index (χ1n) is 26.4. The molecule has 45 heavy (non-hydrogen) atoms.